The summed E-state index contributed by atoms with van der Waals surface area (Å²) in [5.41, 5.74) is 3.30. The molecule has 4 aromatic rings. The fourth-order valence-corrected chi connectivity index (χ4v) is 2.82. The zero-order valence-electron chi connectivity index (χ0n) is 15.0. The molecule has 0 bridgehead atoms. The Morgan fingerprint density at radius 2 is 1.96 bits per heavy atom. The van der Waals surface area contributed by atoms with Crippen molar-refractivity contribution >= 4 is 16.9 Å². The first-order valence-corrected chi connectivity index (χ1v) is 8.51. The number of nitrogens with zero attached hydrogens (tertiary/aromatic N) is 1. The number of amides is 1. The molecule has 0 aliphatic heterocycles. The van der Waals surface area contributed by atoms with E-state index in [4.69, 9.17) is 13.7 Å². The summed E-state index contributed by atoms with van der Waals surface area (Å²) in [6.07, 6.45) is 0. The van der Waals surface area contributed by atoms with Crippen LogP contribution >= 0.6 is 0 Å². The van der Waals surface area contributed by atoms with Crippen LogP contribution < -0.4 is 10.1 Å². The normalized spacial score (nSPS) is 10.9. The molecule has 1 N–H and O–H groups in total. The predicted octanol–water partition coefficient (Wildman–Crippen LogP) is 4.33. The van der Waals surface area contributed by atoms with Crippen molar-refractivity contribution in [3.63, 3.8) is 0 Å². The number of fused-ring (bicyclic) bond motifs is 1. The highest BCUT2D eigenvalue weighted by molar-refractivity contribution is 5.97. The van der Waals surface area contributed by atoms with Gasteiger partial charge in [-0.25, -0.2) is 0 Å². The minimum atomic E-state index is -0.326. The van der Waals surface area contributed by atoms with Crippen LogP contribution in [0.5, 0.6) is 5.75 Å². The first-order valence-electron chi connectivity index (χ1n) is 8.51. The van der Waals surface area contributed by atoms with E-state index in [9.17, 15) is 4.79 Å². The molecule has 0 aliphatic carbocycles. The maximum absolute atomic E-state index is 12.4. The smallest absolute Gasteiger partial charge is 0.287 e. The number of carbonyl (C=O) groups excluding carboxylic acids is 1. The Bertz CT molecular complexity index is 1090. The summed E-state index contributed by atoms with van der Waals surface area (Å²) in [6.45, 7) is 2.27. The van der Waals surface area contributed by atoms with Gasteiger partial charge in [-0.2, -0.15) is 0 Å². The minimum Gasteiger partial charge on any atom is -0.493 e. The molecule has 1 amide bonds. The van der Waals surface area contributed by atoms with Crippen LogP contribution in [0.25, 0.3) is 22.3 Å². The fraction of sp³-hybridized carbons (Fsp3) is 0.143. The van der Waals surface area contributed by atoms with Gasteiger partial charge in [-0.15, -0.1) is 0 Å². The van der Waals surface area contributed by atoms with Crippen molar-refractivity contribution in [2.45, 2.75) is 13.5 Å². The third-order valence-corrected chi connectivity index (χ3v) is 4.28. The van der Waals surface area contributed by atoms with Gasteiger partial charge in [0.15, 0.2) is 22.9 Å². The van der Waals surface area contributed by atoms with E-state index in [0.29, 0.717) is 22.8 Å². The number of hydrogen-bond donors (Lipinski definition) is 1. The van der Waals surface area contributed by atoms with Gasteiger partial charge in [0.1, 0.15) is 5.69 Å². The van der Waals surface area contributed by atoms with Crippen LogP contribution in [-0.2, 0) is 6.54 Å². The number of para-hydroxylation sites is 1. The van der Waals surface area contributed by atoms with Gasteiger partial charge in [-0.05, 0) is 19.1 Å². The van der Waals surface area contributed by atoms with E-state index in [1.165, 1.54) is 5.56 Å². The molecule has 2 heterocycles. The number of rotatable bonds is 5. The molecular weight excluding hydrogens is 344 g/mol. The van der Waals surface area contributed by atoms with Gasteiger partial charge in [0.05, 0.1) is 13.7 Å². The van der Waals surface area contributed by atoms with Gasteiger partial charge in [0, 0.05) is 17.0 Å². The standard InChI is InChI=1S/C21H18N2O4/c1-13-6-8-14(9-7-13)18-11-16(23-27-18)12-22-21(24)19-10-15-4-3-5-17(25-2)20(15)26-19/h3-11H,12H2,1-2H3,(H,22,24). The molecule has 0 saturated carbocycles. The highest BCUT2D eigenvalue weighted by Crippen LogP contribution is 2.28. The summed E-state index contributed by atoms with van der Waals surface area (Å²) < 4.78 is 16.3. The number of furan rings is 1. The van der Waals surface area contributed by atoms with Crippen molar-refractivity contribution in [1.82, 2.24) is 10.5 Å². The maximum Gasteiger partial charge on any atom is 0.287 e. The van der Waals surface area contributed by atoms with E-state index in [-0.39, 0.29) is 18.2 Å². The summed E-state index contributed by atoms with van der Waals surface area (Å²) in [7, 11) is 1.56. The zero-order valence-corrected chi connectivity index (χ0v) is 15.0. The number of aryl methyl sites for hydroxylation is 1. The summed E-state index contributed by atoms with van der Waals surface area (Å²) in [6, 6.07) is 17.0. The zero-order chi connectivity index (χ0) is 18.8. The van der Waals surface area contributed by atoms with Gasteiger partial charge in [0.25, 0.3) is 5.91 Å². The summed E-state index contributed by atoms with van der Waals surface area (Å²) in [4.78, 5) is 12.4. The van der Waals surface area contributed by atoms with Crippen molar-refractivity contribution in [3.8, 4) is 17.1 Å². The molecule has 136 valence electrons. The maximum atomic E-state index is 12.4. The number of carbonyl (C=O) groups is 1. The SMILES string of the molecule is COc1cccc2cc(C(=O)NCc3cc(-c4ccc(C)cc4)on3)oc12. The lowest BCUT2D eigenvalue weighted by molar-refractivity contribution is 0.0924. The van der Waals surface area contributed by atoms with Crippen LogP contribution in [0.4, 0.5) is 0 Å². The molecular formula is C21H18N2O4. The van der Waals surface area contributed by atoms with Gasteiger partial charge >= 0.3 is 0 Å². The van der Waals surface area contributed by atoms with Crippen molar-refractivity contribution < 1.29 is 18.5 Å². The van der Waals surface area contributed by atoms with Crippen molar-refractivity contribution in [3.05, 3.63) is 71.6 Å². The molecule has 0 spiro atoms. The second-order valence-corrected chi connectivity index (χ2v) is 6.22. The van der Waals surface area contributed by atoms with Crippen LogP contribution in [-0.4, -0.2) is 18.2 Å². The van der Waals surface area contributed by atoms with Crippen LogP contribution in [0, 0.1) is 6.92 Å². The molecule has 0 aliphatic rings. The molecule has 0 fully saturated rings. The van der Waals surface area contributed by atoms with E-state index >= 15 is 0 Å². The molecule has 2 aromatic carbocycles. The second-order valence-electron chi connectivity index (χ2n) is 6.22. The monoisotopic (exact) mass is 362 g/mol. The van der Waals surface area contributed by atoms with E-state index < -0.39 is 0 Å². The number of methoxy groups -OCH3 is 1. The quantitative estimate of drug-likeness (QED) is 0.572. The minimum absolute atomic E-state index is 0.219. The Labute approximate surface area is 155 Å². The lowest BCUT2D eigenvalue weighted by Gasteiger charge is -2.00. The second kappa shape index (κ2) is 6.99. The first-order chi connectivity index (χ1) is 13.1. The topological polar surface area (TPSA) is 77.5 Å². The first kappa shape index (κ1) is 16.9. The molecule has 27 heavy (non-hydrogen) atoms. The Kier molecular flexibility index (Phi) is 4.38. The summed E-state index contributed by atoms with van der Waals surface area (Å²) >= 11 is 0. The van der Waals surface area contributed by atoms with Crippen molar-refractivity contribution in [1.29, 1.82) is 0 Å². The van der Waals surface area contributed by atoms with Gasteiger partial charge in [0.2, 0.25) is 0 Å². The number of hydrogen-bond acceptors (Lipinski definition) is 5. The third-order valence-electron chi connectivity index (χ3n) is 4.28. The molecule has 4 rings (SSSR count). The molecule has 2 aromatic heterocycles. The summed E-state index contributed by atoms with van der Waals surface area (Å²) in [5, 5.41) is 7.61. The summed E-state index contributed by atoms with van der Waals surface area (Å²) in [5.74, 6) is 1.14. The molecule has 0 unspecified atom stereocenters. The fourth-order valence-electron chi connectivity index (χ4n) is 2.82. The lowest BCUT2D eigenvalue weighted by Crippen LogP contribution is -2.22. The lowest BCUT2D eigenvalue weighted by atomic mass is 10.1. The molecule has 0 saturated heterocycles. The highest BCUT2D eigenvalue weighted by atomic mass is 16.5. The van der Waals surface area contributed by atoms with Gasteiger partial charge in [-0.1, -0.05) is 47.1 Å². The number of nitrogens with one attached hydrogen (secondary N) is 1. The average Bonchev–Trinajstić information content (AvgIpc) is 3.33. The van der Waals surface area contributed by atoms with Crippen LogP contribution in [0.1, 0.15) is 21.8 Å². The Balaban J connectivity index is 1.46. The molecule has 6 nitrogen and oxygen atoms in total. The van der Waals surface area contributed by atoms with E-state index in [0.717, 1.165) is 10.9 Å². The Hall–Kier alpha value is -3.54. The Morgan fingerprint density at radius 1 is 1.15 bits per heavy atom. The van der Waals surface area contributed by atoms with Crippen LogP contribution in [0.3, 0.4) is 0 Å². The average molecular weight is 362 g/mol. The molecule has 0 atom stereocenters. The number of benzene rings is 2. The third kappa shape index (κ3) is 3.42. The Morgan fingerprint density at radius 3 is 2.74 bits per heavy atom. The molecule has 6 heteroatoms. The largest absolute Gasteiger partial charge is 0.493 e. The molecule has 0 radical (unpaired) electrons. The van der Waals surface area contributed by atoms with Gasteiger partial charge in [-0.3, -0.25) is 4.79 Å². The van der Waals surface area contributed by atoms with Crippen molar-refractivity contribution in [2.24, 2.45) is 0 Å². The van der Waals surface area contributed by atoms with E-state index in [2.05, 4.69) is 10.5 Å². The highest BCUT2D eigenvalue weighted by Gasteiger charge is 2.15. The predicted molar refractivity (Wildman–Crippen MR) is 101 cm³/mol. The number of ether oxygens (including phenoxy) is 1. The number of aromatic nitrogens is 1. The van der Waals surface area contributed by atoms with Crippen molar-refractivity contribution in [2.75, 3.05) is 7.11 Å². The van der Waals surface area contributed by atoms with E-state index in [1.54, 1.807) is 19.2 Å². The van der Waals surface area contributed by atoms with Crippen LogP contribution in [0.15, 0.2) is 63.5 Å². The van der Waals surface area contributed by atoms with Gasteiger partial charge < -0.3 is 19.0 Å². The van der Waals surface area contributed by atoms with E-state index in [1.807, 2.05) is 49.4 Å². The van der Waals surface area contributed by atoms with Crippen LogP contribution in [0.2, 0.25) is 0 Å².